The number of carbonyl (C=O) groups is 1. The van der Waals surface area contributed by atoms with Crippen molar-refractivity contribution in [1.29, 1.82) is 0 Å². The summed E-state index contributed by atoms with van der Waals surface area (Å²) in [6.45, 7) is 8.56. The average molecular weight is 269 g/mol. The number of hydrogen-bond donors (Lipinski definition) is 2. The van der Waals surface area contributed by atoms with Gasteiger partial charge in [0.05, 0.1) is 6.04 Å². The molecule has 1 heterocycles. The molecule has 108 valence electrons. The van der Waals surface area contributed by atoms with Gasteiger partial charge in [-0.1, -0.05) is 5.10 Å². The molecule has 0 aliphatic rings. The summed E-state index contributed by atoms with van der Waals surface area (Å²) in [4.78, 5) is 13.5. The van der Waals surface area contributed by atoms with Crippen LogP contribution in [0.2, 0.25) is 0 Å². The summed E-state index contributed by atoms with van der Waals surface area (Å²) in [6.07, 6.45) is 0. The molecule has 1 unspecified atom stereocenters. The minimum atomic E-state index is -0.0572. The first kappa shape index (κ1) is 15.4. The van der Waals surface area contributed by atoms with E-state index >= 15 is 0 Å². The molecule has 7 nitrogen and oxygen atoms in total. The van der Waals surface area contributed by atoms with Gasteiger partial charge in [0, 0.05) is 12.6 Å². The molecule has 1 rings (SSSR count). The Kier molecular flexibility index (Phi) is 5.75. The fraction of sp³-hybridized carbons (Fsp3) is 0.750. The van der Waals surface area contributed by atoms with Crippen LogP contribution in [0, 0.1) is 0 Å². The van der Waals surface area contributed by atoms with Crippen molar-refractivity contribution < 1.29 is 9.21 Å². The molecule has 1 aromatic rings. The molecule has 2 N–H and O–H groups in total. The number of carbonyl (C=O) groups excluding carboxylic acids is 1. The van der Waals surface area contributed by atoms with Gasteiger partial charge in [-0.2, -0.15) is 0 Å². The van der Waals surface area contributed by atoms with Gasteiger partial charge in [0.25, 0.3) is 0 Å². The van der Waals surface area contributed by atoms with Crippen LogP contribution in [0.25, 0.3) is 0 Å². The smallest absolute Gasteiger partial charge is 0.318 e. The highest BCUT2D eigenvalue weighted by atomic mass is 16.4. The largest absolute Gasteiger partial charge is 0.406 e. The summed E-state index contributed by atoms with van der Waals surface area (Å²) >= 11 is 0. The molecule has 19 heavy (non-hydrogen) atoms. The molecule has 0 spiro atoms. The summed E-state index contributed by atoms with van der Waals surface area (Å²) in [7, 11) is 1.82. The maximum absolute atomic E-state index is 11.7. The number of hydrogen-bond acceptors (Lipinski definition) is 6. The molecule has 0 aromatic carbocycles. The summed E-state index contributed by atoms with van der Waals surface area (Å²) < 4.78 is 5.56. The van der Waals surface area contributed by atoms with E-state index in [1.165, 1.54) is 0 Å². The third kappa shape index (κ3) is 4.51. The maximum atomic E-state index is 11.7. The first-order valence-corrected chi connectivity index (χ1v) is 6.52. The molecule has 0 aliphatic carbocycles. The lowest BCUT2D eigenvalue weighted by Gasteiger charge is -2.18. The molecule has 1 atom stereocenters. The number of likely N-dealkylation sites (N-methyl/N-ethyl adjacent to an activating group) is 1. The molecule has 0 bridgehead atoms. The highest BCUT2D eigenvalue weighted by Gasteiger charge is 2.18. The lowest BCUT2D eigenvalue weighted by molar-refractivity contribution is -0.120. The van der Waals surface area contributed by atoms with Crippen molar-refractivity contribution in [3.05, 3.63) is 5.89 Å². The summed E-state index contributed by atoms with van der Waals surface area (Å²) in [5, 5.41) is 13.8. The van der Waals surface area contributed by atoms with E-state index < -0.39 is 0 Å². The van der Waals surface area contributed by atoms with Crippen molar-refractivity contribution in [2.75, 3.05) is 25.0 Å². The molecule has 7 heteroatoms. The molecule has 0 fully saturated rings. The van der Waals surface area contributed by atoms with Crippen molar-refractivity contribution in [3.8, 4) is 0 Å². The number of aromatic nitrogens is 2. The predicted octanol–water partition coefficient (Wildman–Crippen LogP) is 0.701. The van der Waals surface area contributed by atoms with E-state index in [-0.39, 0.29) is 24.5 Å². The molecule has 1 amide bonds. The fourth-order valence-corrected chi connectivity index (χ4v) is 1.51. The van der Waals surface area contributed by atoms with Crippen LogP contribution in [-0.4, -0.2) is 42.3 Å². The Hall–Kier alpha value is -1.63. The van der Waals surface area contributed by atoms with Gasteiger partial charge < -0.3 is 20.0 Å². The molecular formula is C12H23N5O2. The maximum Gasteiger partial charge on any atom is 0.318 e. The van der Waals surface area contributed by atoms with Gasteiger partial charge >= 0.3 is 6.01 Å². The van der Waals surface area contributed by atoms with Crippen molar-refractivity contribution in [1.82, 2.24) is 20.8 Å². The quantitative estimate of drug-likeness (QED) is 0.758. The molecule has 0 radical (unpaired) electrons. The van der Waals surface area contributed by atoms with Crippen LogP contribution in [0.5, 0.6) is 0 Å². The zero-order valence-corrected chi connectivity index (χ0v) is 12.2. The minimum absolute atomic E-state index is 0.00977. The topological polar surface area (TPSA) is 83.3 Å². The summed E-state index contributed by atoms with van der Waals surface area (Å²) in [5.41, 5.74) is 0. The van der Waals surface area contributed by atoms with Gasteiger partial charge in [0.15, 0.2) is 0 Å². The standard InChI is InChI=1S/C12H23N5O2/c1-6-17(7-10(18)14-8(2)3)12-16-15-11(19-12)9(4)13-5/h8-9,13H,6-7H2,1-5H3,(H,14,18). The second kappa shape index (κ2) is 7.08. The van der Waals surface area contributed by atoms with Crippen LogP contribution in [0.4, 0.5) is 6.01 Å². The van der Waals surface area contributed by atoms with Crippen LogP contribution in [0.3, 0.4) is 0 Å². The SMILES string of the molecule is CCN(CC(=O)NC(C)C)c1nnc(C(C)NC)o1. The van der Waals surface area contributed by atoms with Gasteiger partial charge in [0.1, 0.15) is 6.54 Å². The Morgan fingerprint density at radius 3 is 2.58 bits per heavy atom. The molecule has 0 aliphatic heterocycles. The van der Waals surface area contributed by atoms with E-state index in [4.69, 9.17) is 4.42 Å². The monoisotopic (exact) mass is 269 g/mol. The molecular weight excluding hydrogens is 246 g/mol. The Labute approximate surface area is 113 Å². The number of nitrogens with one attached hydrogen (secondary N) is 2. The van der Waals surface area contributed by atoms with Crippen LogP contribution < -0.4 is 15.5 Å². The Morgan fingerprint density at radius 1 is 1.37 bits per heavy atom. The second-order valence-corrected chi connectivity index (χ2v) is 4.67. The molecule has 0 saturated heterocycles. The first-order chi connectivity index (χ1) is 8.97. The van der Waals surface area contributed by atoms with Gasteiger partial charge in [-0.3, -0.25) is 4.79 Å². The van der Waals surface area contributed by atoms with Crippen LogP contribution in [0.1, 0.15) is 39.6 Å². The van der Waals surface area contributed by atoms with E-state index in [2.05, 4.69) is 20.8 Å². The third-order valence-electron chi connectivity index (χ3n) is 2.67. The highest BCUT2D eigenvalue weighted by molar-refractivity contribution is 5.80. The molecule has 0 saturated carbocycles. The van der Waals surface area contributed by atoms with E-state index in [1.807, 2.05) is 34.7 Å². The third-order valence-corrected chi connectivity index (χ3v) is 2.67. The summed E-state index contributed by atoms with van der Waals surface area (Å²) in [5.74, 6) is 0.457. The highest BCUT2D eigenvalue weighted by Crippen LogP contribution is 2.16. The number of anilines is 1. The van der Waals surface area contributed by atoms with Crippen LogP contribution in [0.15, 0.2) is 4.42 Å². The van der Waals surface area contributed by atoms with Crippen LogP contribution in [-0.2, 0) is 4.79 Å². The number of amides is 1. The van der Waals surface area contributed by atoms with Crippen molar-refractivity contribution in [2.45, 2.75) is 39.8 Å². The second-order valence-electron chi connectivity index (χ2n) is 4.67. The van der Waals surface area contributed by atoms with Gasteiger partial charge in [-0.25, -0.2) is 0 Å². The fourth-order valence-electron chi connectivity index (χ4n) is 1.51. The summed E-state index contributed by atoms with van der Waals surface area (Å²) in [6, 6.07) is 0.483. The zero-order valence-electron chi connectivity index (χ0n) is 12.2. The van der Waals surface area contributed by atoms with Crippen molar-refractivity contribution >= 4 is 11.9 Å². The Bertz CT molecular complexity index is 405. The predicted molar refractivity (Wildman–Crippen MR) is 72.9 cm³/mol. The molecule has 1 aromatic heterocycles. The number of rotatable bonds is 7. The Morgan fingerprint density at radius 2 is 2.05 bits per heavy atom. The van der Waals surface area contributed by atoms with Gasteiger partial charge in [-0.15, -0.1) is 5.10 Å². The van der Waals surface area contributed by atoms with E-state index in [9.17, 15) is 4.79 Å². The first-order valence-electron chi connectivity index (χ1n) is 6.52. The van der Waals surface area contributed by atoms with Gasteiger partial charge in [-0.05, 0) is 34.7 Å². The minimum Gasteiger partial charge on any atom is -0.406 e. The van der Waals surface area contributed by atoms with E-state index in [0.717, 1.165) is 0 Å². The normalized spacial score (nSPS) is 12.5. The van der Waals surface area contributed by atoms with Crippen molar-refractivity contribution in [2.24, 2.45) is 0 Å². The van der Waals surface area contributed by atoms with Gasteiger partial charge in [0.2, 0.25) is 11.8 Å². The Balaban J connectivity index is 2.69. The lowest BCUT2D eigenvalue weighted by Crippen LogP contribution is -2.40. The zero-order chi connectivity index (χ0) is 14.4. The lowest BCUT2D eigenvalue weighted by atomic mass is 10.3. The average Bonchev–Trinajstić information content (AvgIpc) is 2.83. The number of nitrogens with zero attached hydrogens (tertiary/aromatic N) is 3. The van der Waals surface area contributed by atoms with Crippen molar-refractivity contribution in [3.63, 3.8) is 0 Å². The van der Waals surface area contributed by atoms with E-state index in [0.29, 0.717) is 18.5 Å². The van der Waals surface area contributed by atoms with E-state index in [1.54, 1.807) is 4.90 Å². The van der Waals surface area contributed by atoms with Crippen LogP contribution >= 0.6 is 0 Å².